The maximum absolute atomic E-state index is 12.8. The van der Waals surface area contributed by atoms with Gasteiger partial charge in [0, 0.05) is 29.6 Å². The van der Waals surface area contributed by atoms with E-state index >= 15 is 0 Å². The molecule has 0 aliphatic rings. The van der Waals surface area contributed by atoms with E-state index < -0.39 is 0 Å². The number of carbonyl (C=O) groups excluding carboxylic acids is 2. The Morgan fingerprint density at radius 1 is 1.10 bits per heavy atom. The second-order valence-corrected chi connectivity index (χ2v) is 6.99. The third-order valence-electron chi connectivity index (χ3n) is 4.33. The minimum absolute atomic E-state index is 0.114. The molecule has 0 saturated heterocycles. The van der Waals surface area contributed by atoms with Crippen LogP contribution in [0.5, 0.6) is 0 Å². The molecule has 0 spiro atoms. The van der Waals surface area contributed by atoms with E-state index in [1.54, 1.807) is 54.9 Å². The molecule has 0 bridgehead atoms. The number of aromatic nitrogens is 6. The fourth-order valence-electron chi connectivity index (χ4n) is 2.94. The molecular weight excluding hydrogens is 420 g/mol. The molecule has 31 heavy (non-hydrogen) atoms. The number of hydrogen-bond donors (Lipinski definition) is 2. The molecule has 2 heterocycles. The Balaban J connectivity index is 1.42. The molecule has 2 N–H and O–H groups in total. The van der Waals surface area contributed by atoms with Gasteiger partial charge in [0.2, 0.25) is 5.91 Å². The zero-order valence-corrected chi connectivity index (χ0v) is 16.9. The number of amides is 2. The number of benzene rings is 2. The molecule has 0 fully saturated rings. The van der Waals surface area contributed by atoms with Crippen molar-refractivity contribution in [3.8, 4) is 5.69 Å². The van der Waals surface area contributed by atoms with E-state index in [1.807, 2.05) is 6.07 Å². The normalized spacial score (nSPS) is 10.6. The highest BCUT2D eigenvalue weighted by Crippen LogP contribution is 2.19. The molecule has 4 aromatic rings. The number of hydrogen-bond acceptors (Lipinski definition) is 6. The number of halogens is 1. The molecule has 11 heteroatoms. The summed E-state index contributed by atoms with van der Waals surface area (Å²) in [4.78, 5) is 24.9. The standard InChI is InChI=1S/C20H17ClN8O2/c21-15-5-6-18(29-13-23-26-27-29)17(10-15)20(31)22-11-14-3-1-4-16(9-14)25-19(30)12-28-8-2-7-24-28/h1-10,13H,11-12H2,(H,22,31)(H,25,30). The molecule has 0 aliphatic heterocycles. The number of nitrogens with one attached hydrogen (secondary N) is 2. The molecule has 4 rings (SSSR count). The van der Waals surface area contributed by atoms with E-state index in [0.717, 1.165) is 5.56 Å². The highest BCUT2D eigenvalue weighted by Gasteiger charge is 2.15. The van der Waals surface area contributed by atoms with Crippen molar-refractivity contribution in [3.05, 3.63) is 83.4 Å². The third kappa shape index (κ3) is 5.11. The summed E-state index contributed by atoms with van der Waals surface area (Å²) in [6.07, 6.45) is 4.72. The Hall–Kier alpha value is -4.05. The van der Waals surface area contributed by atoms with Crippen LogP contribution in [-0.4, -0.2) is 41.8 Å². The lowest BCUT2D eigenvalue weighted by Gasteiger charge is -2.11. The summed E-state index contributed by atoms with van der Waals surface area (Å²) in [6, 6.07) is 13.9. The molecule has 2 amide bonds. The summed E-state index contributed by atoms with van der Waals surface area (Å²) in [5.74, 6) is -0.531. The largest absolute Gasteiger partial charge is 0.348 e. The van der Waals surface area contributed by atoms with Gasteiger partial charge in [-0.1, -0.05) is 23.7 Å². The van der Waals surface area contributed by atoms with Crippen molar-refractivity contribution < 1.29 is 9.59 Å². The van der Waals surface area contributed by atoms with Gasteiger partial charge in [0.25, 0.3) is 5.91 Å². The maximum atomic E-state index is 12.8. The van der Waals surface area contributed by atoms with Gasteiger partial charge < -0.3 is 10.6 Å². The van der Waals surface area contributed by atoms with E-state index in [4.69, 9.17) is 11.6 Å². The molecule has 156 valence electrons. The minimum atomic E-state index is -0.332. The Morgan fingerprint density at radius 2 is 2.00 bits per heavy atom. The van der Waals surface area contributed by atoms with Crippen molar-refractivity contribution in [2.75, 3.05) is 5.32 Å². The highest BCUT2D eigenvalue weighted by atomic mass is 35.5. The van der Waals surface area contributed by atoms with Gasteiger partial charge in [-0.15, -0.1) is 5.10 Å². The number of carbonyl (C=O) groups is 2. The van der Waals surface area contributed by atoms with Crippen molar-refractivity contribution in [3.63, 3.8) is 0 Å². The summed E-state index contributed by atoms with van der Waals surface area (Å²) in [6.45, 7) is 0.367. The van der Waals surface area contributed by atoms with Gasteiger partial charge in [-0.3, -0.25) is 14.3 Å². The topological polar surface area (TPSA) is 120 Å². The Kier molecular flexibility index (Phi) is 5.99. The van der Waals surface area contributed by atoms with Crippen molar-refractivity contribution in [1.82, 2.24) is 35.3 Å². The smallest absolute Gasteiger partial charge is 0.253 e. The van der Waals surface area contributed by atoms with Crippen LogP contribution in [0.25, 0.3) is 5.69 Å². The van der Waals surface area contributed by atoms with Crippen LogP contribution in [0.2, 0.25) is 5.02 Å². The molecule has 0 saturated carbocycles. The van der Waals surface area contributed by atoms with Gasteiger partial charge in [0.15, 0.2) is 0 Å². The Morgan fingerprint density at radius 3 is 2.77 bits per heavy atom. The van der Waals surface area contributed by atoms with Gasteiger partial charge in [-0.25, -0.2) is 0 Å². The van der Waals surface area contributed by atoms with E-state index in [-0.39, 0.29) is 24.9 Å². The zero-order valence-electron chi connectivity index (χ0n) is 16.1. The van der Waals surface area contributed by atoms with Gasteiger partial charge in [-0.2, -0.15) is 9.78 Å². The average Bonchev–Trinajstić information content (AvgIpc) is 3.46. The summed E-state index contributed by atoms with van der Waals surface area (Å²) >= 11 is 6.07. The molecule has 0 unspecified atom stereocenters. The second-order valence-electron chi connectivity index (χ2n) is 6.55. The maximum Gasteiger partial charge on any atom is 0.253 e. The van der Waals surface area contributed by atoms with Crippen LogP contribution in [0.4, 0.5) is 5.69 Å². The molecule has 0 atom stereocenters. The summed E-state index contributed by atoms with van der Waals surface area (Å²) < 4.78 is 2.92. The SMILES string of the molecule is O=C(Cn1cccn1)Nc1cccc(CNC(=O)c2cc(Cl)ccc2-n2cnnn2)c1. The fraction of sp³-hybridized carbons (Fsp3) is 0.100. The Labute approximate surface area is 181 Å². The van der Waals surface area contributed by atoms with E-state index in [9.17, 15) is 9.59 Å². The van der Waals surface area contributed by atoms with Crippen LogP contribution in [0.3, 0.4) is 0 Å². The lowest BCUT2D eigenvalue weighted by Crippen LogP contribution is -2.24. The van der Waals surface area contributed by atoms with Crippen LogP contribution >= 0.6 is 11.6 Å². The van der Waals surface area contributed by atoms with E-state index in [0.29, 0.717) is 22.0 Å². The van der Waals surface area contributed by atoms with Crippen molar-refractivity contribution in [2.45, 2.75) is 13.1 Å². The van der Waals surface area contributed by atoms with Gasteiger partial charge in [0.1, 0.15) is 12.9 Å². The fourth-order valence-corrected chi connectivity index (χ4v) is 3.11. The van der Waals surface area contributed by atoms with Crippen LogP contribution < -0.4 is 10.6 Å². The van der Waals surface area contributed by atoms with Crippen LogP contribution in [0, 0.1) is 0 Å². The van der Waals surface area contributed by atoms with Crippen molar-refractivity contribution in [1.29, 1.82) is 0 Å². The average molecular weight is 437 g/mol. The summed E-state index contributed by atoms with van der Waals surface area (Å²) in [5, 5.41) is 21.1. The zero-order chi connectivity index (χ0) is 21.6. The number of rotatable bonds is 7. The molecule has 2 aromatic heterocycles. The molecule has 2 aromatic carbocycles. The first-order valence-corrected chi connectivity index (χ1v) is 9.63. The van der Waals surface area contributed by atoms with E-state index in [2.05, 4.69) is 31.3 Å². The highest BCUT2D eigenvalue weighted by molar-refractivity contribution is 6.31. The third-order valence-corrected chi connectivity index (χ3v) is 4.56. The van der Waals surface area contributed by atoms with Gasteiger partial charge in [0.05, 0.1) is 11.3 Å². The lowest BCUT2D eigenvalue weighted by molar-refractivity contribution is -0.116. The van der Waals surface area contributed by atoms with Crippen LogP contribution in [0.1, 0.15) is 15.9 Å². The number of anilines is 1. The first-order valence-electron chi connectivity index (χ1n) is 9.26. The first-order chi connectivity index (χ1) is 15.1. The Bertz CT molecular complexity index is 1190. The van der Waals surface area contributed by atoms with Gasteiger partial charge >= 0.3 is 0 Å². The number of nitrogens with zero attached hydrogens (tertiary/aromatic N) is 6. The minimum Gasteiger partial charge on any atom is -0.348 e. The summed E-state index contributed by atoms with van der Waals surface area (Å²) in [7, 11) is 0. The van der Waals surface area contributed by atoms with Gasteiger partial charge in [-0.05, 0) is 52.4 Å². The monoisotopic (exact) mass is 436 g/mol. The van der Waals surface area contributed by atoms with Crippen molar-refractivity contribution in [2.24, 2.45) is 0 Å². The predicted molar refractivity (Wildman–Crippen MR) is 113 cm³/mol. The quantitative estimate of drug-likeness (QED) is 0.457. The van der Waals surface area contributed by atoms with Crippen LogP contribution in [0.15, 0.2) is 67.3 Å². The van der Waals surface area contributed by atoms with Crippen LogP contribution in [-0.2, 0) is 17.9 Å². The summed E-state index contributed by atoms with van der Waals surface area (Å²) in [5.41, 5.74) is 2.28. The molecular formula is C20H17ClN8O2. The second kappa shape index (κ2) is 9.18. The van der Waals surface area contributed by atoms with E-state index in [1.165, 1.54) is 15.7 Å². The first kappa shape index (κ1) is 20.2. The van der Waals surface area contributed by atoms with Crippen molar-refractivity contribution >= 4 is 29.1 Å². The molecule has 10 nitrogen and oxygen atoms in total. The number of tetrazole rings is 1. The molecule has 0 aliphatic carbocycles. The predicted octanol–water partition coefficient (Wildman–Crippen LogP) is 2.08. The lowest BCUT2D eigenvalue weighted by atomic mass is 10.1. The molecule has 0 radical (unpaired) electrons.